The van der Waals surface area contributed by atoms with Crippen molar-refractivity contribution in [2.75, 3.05) is 13.7 Å². The van der Waals surface area contributed by atoms with Crippen molar-refractivity contribution in [1.29, 1.82) is 0 Å². The number of hydrogen-bond donors (Lipinski definition) is 0. The van der Waals surface area contributed by atoms with Crippen LogP contribution in [0.5, 0.6) is 0 Å². The van der Waals surface area contributed by atoms with Crippen molar-refractivity contribution in [2.45, 2.75) is 18.7 Å². The predicted molar refractivity (Wildman–Crippen MR) is 46.1 cm³/mol. The maximum atomic E-state index is 11.4. The van der Waals surface area contributed by atoms with Gasteiger partial charge in [-0.05, 0) is 13.0 Å². The quantitative estimate of drug-likeness (QED) is 0.540. The van der Waals surface area contributed by atoms with Gasteiger partial charge < -0.3 is 9.47 Å². The summed E-state index contributed by atoms with van der Waals surface area (Å²) in [7, 11) is 1.30. The summed E-state index contributed by atoms with van der Waals surface area (Å²) in [5, 5.41) is 0. The minimum Gasteiger partial charge on any atom is -0.467 e. The lowest BCUT2D eigenvalue weighted by Crippen LogP contribution is -2.47. The molecule has 2 rings (SSSR count). The van der Waals surface area contributed by atoms with Crippen LogP contribution in [0.4, 0.5) is 0 Å². The Bertz CT molecular complexity index is 325. The van der Waals surface area contributed by atoms with Gasteiger partial charge in [0.2, 0.25) is 5.91 Å². The summed E-state index contributed by atoms with van der Waals surface area (Å²) in [4.78, 5) is 24.2. The molecule has 0 saturated carbocycles. The molecule has 0 radical (unpaired) electrons. The summed E-state index contributed by atoms with van der Waals surface area (Å²) in [5.41, 5.74) is -0.768. The largest absolute Gasteiger partial charge is 0.467 e. The third kappa shape index (κ3) is 1.05. The van der Waals surface area contributed by atoms with Crippen LogP contribution in [0.3, 0.4) is 0 Å². The normalized spacial score (nSPS) is 34.9. The number of carbonyl (C=O) groups excluding carboxylic acids is 2. The second-order valence-electron chi connectivity index (χ2n) is 3.45. The van der Waals surface area contributed by atoms with E-state index in [4.69, 9.17) is 4.74 Å². The van der Waals surface area contributed by atoms with E-state index in [1.807, 2.05) is 0 Å². The average molecular weight is 197 g/mol. The van der Waals surface area contributed by atoms with Gasteiger partial charge in [-0.2, -0.15) is 0 Å². The number of ether oxygens (including phenoxy) is 2. The van der Waals surface area contributed by atoms with Crippen LogP contribution in [0.1, 0.15) is 6.92 Å². The van der Waals surface area contributed by atoms with Gasteiger partial charge in [0, 0.05) is 6.08 Å². The Hall–Kier alpha value is -1.36. The summed E-state index contributed by atoms with van der Waals surface area (Å²) in [6.45, 7) is 1.94. The van der Waals surface area contributed by atoms with E-state index < -0.39 is 17.7 Å². The maximum Gasteiger partial charge on any atom is 0.331 e. The zero-order valence-corrected chi connectivity index (χ0v) is 8.02. The van der Waals surface area contributed by atoms with Crippen LogP contribution in [-0.4, -0.2) is 42.3 Å². The van der Waals surface area contributed by atoms with Gasteiger partial charge in [0.05, 0.1) is 13.7 Å². The topological polar surface area (TPSA) is 55.8 Å². The van der Waals surface area contributed by atoms with E-state index in [-0.39, 0.29) is 12.5 Å². The van der Waals surface area contributed by atoms with Gasteiger partial charge in [-0.1, -0.05) is 0 Å². The van der Waals surface area contributed by atoms with Crippen LogP contribution in [0.25, 0.3) is 0 Å². The van der Waals surface area contributed by atoms with Crippen molar-refractivity contribution in [3.8, 4) is 0 Å². The van der Waals surface area contributed by atoms with Crippen molar-refractivity contribution in [3.63, 3.8) is 0 Å². The number of carbonyl (C=O) groups is 2. The van der Waals surface area contributed by atoms with Crippen molar-refractivity contribution in [3.05, 3.63) is 12.2 Å². The molecule has 1 saturated heterocycles. The first-order chi connectivity index (χ1) is 6.58. The van der Waals surface area contributed by atoms with Crippen LogP contribution < -0.4 is 0 Å². The van der Waals surface area contributed by atoms with E-state index in [0.29, 0.717) is 0 Å². The Morgan fingerprint density at radius 1 is 1.79 bits per heavy atom. The molecule has 0 aliphatic carbocycles. The Labute approximate surface area is 81.3 Å². The maximum absolute atomic E-state index is 11.4. The highest BCUT2D eigenvalue weighted by Crippen LogP contribution is 2.33. The summed E-state index contributed by atoms with van der Waals surface area (Å²) in [6, 6.07) is -0.618. The van der Waals surface area contributed by atoms with Crippen LogP contribution in [0.15, 0.2) is 12.2 Å². The molecule has 0 aromatic rings. The van der Waals surface area contributed by atoms with E-state index in [0.717, 1.165) is 0 Å². The molecular weight excluding hydrogens is 186 g/mol. The smallest absolute Gasteiger partial charge is 0.331 e. The average Bonchev–Trinajstić information content (AvgIpc) is 2.64. The molecule has 0 unspecified atom stereocenters. The highest BCUT2D eigenvalue weighted by molar-refractivity contribution is 5.95. The molecule has 2 atom stereocenters. The second-order valence-corrected chi connectivity index (χ2v) is 3.45. The van der Waals surface area contributed by atoms with E-state index in [9.17, 15) is 9.59 Å². The standard InChI is InChI=1S/C9H11NO4/c1-9-4-3-7(11)10(9)6(5-14-9)8(12)13-2/h3-4,6H,5H2,1-2H3/t6-,9+/m0/s1. The number of rotatable bonds is 1. The molecule has 2 aliphatic rings. The zero-order valence-electron chi connectivity index (χ0n) is 8.02. The van der Waals surface area contributed by atoms with Gasteiger partial charge >= 0.3 is 5.97 Å². The molecule has 1 amide bonds. The fourth-order valence-electron chi connectivity index (χ4n) is 1.82. The van der Waals surface area contributed by atoms with Gasteiger partial charge in [0.1, 0.15) is 0 Å². The van der Waals surface area contributed by atoms with Gasteiger partial charge in [-0.25, -0.2) is 4.79 Å². The Balaban J connectivity index is 2.27. The molecule has 14 heavy (non-hydrogen) atoms. The van der Waals surface area contributed by atoms with Gasteiger partial charge in [0.25, 0.3) is 0 Å². The van der Waals surface area contributed by atoms with Crippen LogP contribution in [0.2, 0.25) is 0 Å². The van der Waals surface area contributed by atoms with Gasteiger partial charge in [0.15, 0.2) is 11.8 Å². The fraction of sp³-hybridized carbons (Fsp3) is 0.556. The van der Waals surface area contributed by atoms with Crippen LogP contribution >= 0.6 is 0 Å². The molecule has 76 valence electrons. The SMILES string of the molecule is COC(=O)[C@@H]1CO[C@]2(C)C=CC(=O)N12. The molecular formula is C9H11NO4. The van der Waals surface area contributed by atoms with Crippen LogP contribution in [-0.2, 0) is 19.1 Å². The molecule has 5 heteroatoms. The van der Waals surface area contributed by atoms with E-state index in [1.165, 1.54) is 18.1 Å². The molecule has 2 heterocycles. The number of hydrogen-bond acceptors (Lipinski definition) is 4. The zero-order chi connectivity index (χ0) is 10.3. The first-order valence-corrected chi connectivity index (χ1v) is 4.33. The summed E-state index contributed by atoms with van der Waals surface area (Å²) < 4.78 is 9.98. The highest BCUT2D eigenvalue weighted by atomic mass is 16.6. The molecule has 2 aliphatic heterocycles. The first kappa shape index (κ1) is 9.21. The lowest BCUT2D eigenvalue weighted by atomic mass is 10.2. The van der Waals surface area contributed by atoms with Crippen molar-refractivity contribution in [1.82, 2.24) is 4.90 Å². The Morgan fingerprint density at radius 3 is 3.14 bits per heavy atom. The van der Waals surface area contributed by atoms with Gasteiger partial charge in [-0.3, -0.25) is 9.69 Å². The minimum absolute atomic E-state index is 0.194. The molecule has 0 aromatic heterocycles. The summed E-state index contributed by atoms with van der Waals surface area (Å²) in [6.07, 6.45) is 3.06. The number of amides is 1. The lowest BCUT2D eigenvalue weighted by Gasteiger charge is -2.27. The monoisotopic (exact) mass is 197 g/mol. The minimum atomic E-state index is -0.768. The van der Waals surface area contributed by atoms with E-state index in [1.54, 1.807) is 13.0 Å². The molecule has 0 bridgehead atoms. The van der Waals surface area contributed by atoms with Crippen molar-refractivity contribution in [2.24, 2.45) is 0 Å². The predicted octanol–water partition coefficient (Wildman–Crippen LogP) is -0.327. The van der Waals surface area contributed by atoms with E-state index in [2.05, 4.69) is 4.74 Å². The Kier molecular flexibility index (Phi) is 1.85. The molecule has 5 nitrogen and oxygen atoms in total. The van der Waals surface area contributed by atoms with Gasteiger partial charge in [-0.15, -0.1) is 0 Å². The lowest BCUT2D eigenvalue weighted by molar-refractivity contribution is -0.151. The third-order valence-corrected chi connectivity index (χ3v) is 2.57. The summed E-state index contributed by atoms with van der Waals surface area (Å²) >= 11 is 0. The number of methoxy groups -OCH3 is 1. The van der Waals surface area contributed by atoms with E-state index >= 15 is 0 Å². The summed E-state index contributed by atoms with van der Waals surface area (Å²) in [5.74, 6) is -0.647. The van der Waals surface area contributed by atoms with Crippen LogP contribution in [0, 0.1) is 0 Å². The first-order valence-electron chi connectivity index (χ1n) is 4.33. The Morgan fingerprint density at radius 2 is 2.50 bits per heavy atom. The number of fused-ring (bicyclic) bond motifs is 1. The molecule has 0 spiro atoms. The third-order valence-electron chi connectivity index (χ3n) is 2.57. The number of nitrogens with zero attached hydrogens (tertiary/aromatic N) is 1. The highest BCUT2D eigenvalue weighted by Gasteiger charge is 2.51. The second kappa shape index (κ2) is 2.81. The fourth-order valence-corrected chi connectivity index (χ4v) is 1.82. The number of esters is 1. The van der Waals surface area contributed by atoms with Crippen molar-refractivity contribution >= 4 is 11.9 Å². The molecule has 0 N–H and O–H groups in total. The molecule has 1 fully saturated rings. The molecule has 0 aromatic carbocycles. The van der Waals surface area contributed by atoms with Crippen molar-refractivity contribution < 1.29 is 19.1 Å².